The Morgan fingerprint density at radius 2 is 1.70 bits per heavy atom. The fourth-order valence-electron chi connectivity index (χ4n) is 2.26. The molecule has 2 aromatic rings. The normalized spacial score (nSPS) is 11.8. The molecule has 108 valence electrons. The first-order valence-electron chi connectivity index (χ1n) is 7.17. The highest BCUT2D eigenvalue weighted by Crippen LogP contribution is 2.28. The van der Waals surface area contributed by atoms with Gasteiger partial charge in [-0.25, -0.2) is 9.97 Å². The summed E-state index contributed by atoms with van der Waals surface area (Å²) in [5, 5.41) is 3.44. The van der Waals surface area contributed by atoms with Crippen molar-refractivity contribution < 1.29 is 0 Å². The van der Waals surface area contributed by atoms with Gasteiger partial charge in [0.1, 0.15) is 5.82 Å². The summed E-state index contributed by atoms with van der Waals surface area (Å²) in [6.07, 6.45) is 2.11. The van der Waals surface area contributed by atoms with Crippen LogP contribution in [0.2, 0.25) is 0 Å². The third-order valence-electron chi connectivity index (χ3n) is 4.16. The molecule has 0 unspecified atom stereocenters. The smallest absolute Gasteiger partial charge is 0.148 e. The predicted molar refractivity (Wildman–Crippen MR) is 86.5 cm³/mol. The van der Waals surface area contributed by atoms with E-state index in [1.807, 2.05) is 31.2 Å². The molecule has 20 heavy (non-hydrogen) atoms. The zero-order valence-corrected chi connectivity index (χ0v) is 13.2. The van der Waals surface area contributed by atoms with Crippen molar-refractivity contribution in [2.24, 2.45) is 5.41 Å². The topological polar surface area (TPSA) is 37.8 Å². The highest BCUT2D eigenvalue weighted by molar-refractivity contribution is 6.18. The molecule has 0 atom stereocenters. The minimum absolute atomic E-state index is 0.126. The molecular formula is C16H22ClN3. The van der Waals surface area contributed by atoms with E-state index >= 15 is 0 Å². The first-order valence-corrected chi connectivity index (χ1v) is 7.71. The molecule has 2 rings (SSSR count). The molecular weight excluding hydrogens is 270 g/mol. The summed E-state index contributed by atoms with van der Waals surface area (Å²) >= 11 is 6.15. The Hall–Kier alpha value is -1.35. The van der Waals surface area contributed by atoms with Gasteiger partial charge in [-0.15, -0.1) is 11.6 Å². The summed E-state index contributed by atoms with van der Waals surface area (Å²) in [6.45, 7) is 7.19. The van der Waals surface area contributed by atoms with Crippen LogP contribution in [0, 0.1) is 12.3 Å². The van der Waals surface area contributed by atoms with Gasteiger partial charge in [0.05, 0.1) is 16.7 Å². The van der Waals surface area contributed by atoms with E-state index in [9.17, 15) is 0 Å². The Morgan fingerprint density at radius 1 is 1.10 bits per heavy atom. The van der Waals surface area contributed by atoms with Gasteiger partial charge < -0.3 is 5.32 Å². The van der Waals surface area contributed by atoms with Crippen molar-refractivity contribution >= 4 is 28.5 Å². The SMILES string of the molecule is CCC(CC)(CCl)CNc1nc2ccccc2nc1C. The summed E-state index contributed by atoms with van der Waals surface area (Å²) in [7, 11) is 0. The monoisotopic (exact) mass is 291 g/mol. The minimum Gasteiger partial charge on any atom is -0.368 e. The quantitative estimate of drug-likeness (QED) is 0.802. The standard InChI is InChI=1S/C16H22ClN3/c1-4-16(5-2,10-17)11-18-15-12(3)19-13-8-6-7-9-14(13)20-15/h6-9H,4-5,10-11H2,1-3H3,(H,18,20). The third-order valence-corrected chi connectivity index (χ3v) is 4.73. The van der Waals surface area contributed by atoms with Crippen LogP contribution in [0.3, 0.4) is 0 Å². The lowest BCUT2D eigenvalue weighted by molar-refractivity contribution is 0.326. The molecule has 4 heteroatoms. The predicted octanol–water partition coefficient (Wildman–Crippen LogP) is 4.40. The molecule has 1 N–H and O–H groups in total. The lowest BCUT2D eigenvalue weighted by Gasteiger charge is -2.29. The number of rotatable bonds is 6. The van der Waals surface area contributed by atoms with E-state index in [-0.39, 0.29) is 5.41 Å². The van der Waals surface area contributed by atoms with Crippen molar-refractivity contribution in [1.29, 1.82) is 0 Å². The maximum Gasteiger partial charge on any atom is 0.148 e. The molecule has 3 nitrogen and oxygen atoms in total. The largest absolute Gasteiger partial charge is 0.368 e. The molecule has 0 saturated heterocycles. The number of nitrogens with zero attached hydrogens (tertiary/aromatic N) is 2. The van der Waals surface area contributed by atoms with E-state index in [1.54, 1.807) is 0 Å². The molecule has 0 spiro atoms. The third kappa shape index (κ3) is 3.04. The number of para-hydroxylation sites is 2. The van der Waals surface area contributed by atoms with Crippen molar-refractivity contribution in [3.05, 3.63) is 30.0 Å². The maximum absolute atomic E-state index is 6.15. The number of halogens is 1. The van der Waals surface area contributed by atoms with Crippen molar-refractivity contribution in [1.82, 2.24) is 9.97 Å². The number of aryl methyl sites for hydroxylation is 1. The number of alkyl halides is 1. The summed E-state index contributed by atoms with van der Waals surface area (Å²) in [5.41, 5.74) is 2.91. The lowest BCUT2D eigenvalue weighted by Crippen LogP contribution is -2.30. The van der Waals surface area contributed by atoms with Crippen LogP contribution in [-0.2, 0) is 0 Å². The maximum atomic E-state index is 6.15. The van der Waals surface area contributed by atoms with Crippen molar-refractivity contribution in [3.8, 4) is 0 Å². The Morgan fingerprint density at radius 3 is 2.25 bits per heavy atom. The number of fused-ring (bicyclic) bond motifs is 1. The molecule has 0 fully saturated rings. The van der Waals surface area contributed by atoms with E-state index in [0.29, 0.717) is 5.88 Å². The average Bonchev–Trinajstić information content (AvgIpc) is 2.49. The van der Waals surface area contributed by atoms with Gasteiger partial charge in [0.25, 0.3) is 0 Å². The second kappa shape index (κ2) is 6.40. The first-order chi connectivity index (χ1) is 9.64. The molecule has 0 amide bonds. The number of nitrogens with one attached hydrogen (secondary N) is 1. The summed E-state index contributed by atoms with van der Waals surface area (Å²) in [6, 6.07) is 7.94. The average molecular weight is 292 g/mol. The van der Waals surface area contributed by atoms with Gasteiger partial charge in [0.15, 0.2) is 0 Å². The molecule has 0 saturated carbocycles. The lowest BCUT2D eigenvalue weighted by atomic mass is 9.84. The molecule has 0 aliphatic heterocycles. The van der Waals surface area contributed by atoms with E-state index in [4.69, 9.17) is 11.6 Å². The van der Waals surface area contributed by atoms with Crippen molar-refractivity contribution in [2.75, 3.05) is 17.7 Å². The van der Waals surface area contributed by atoms with Crippen LogP contribution < -0.4 is 5.32 Å². The number of hydrogen-bond donors (Lipinski definition) is 1. The molecule has 1 heterocycles. The molecule has 1 aromatic carbocycles. The van der Waals surface area contributed by atoms with Crippen LogP contribution in [-0.4, -0.2) is 22.4 Å². The second-order valence-electron chi connectivity index (χ2n) is 5.34. The van der Waals surface area contributed by atoms with Crippen LogP contribution in [0.25, 0.3) is 11.0 Å². The Bertz CT molecular complexity index is 571. The fraction of sp³-hybridized carbons (Fsp3) is 0.500. The van der Waals surface area contributed by atoms with Crippen LogP contribution in [0.5, 0.6) is 0 Å². The van der Waals surface area contributed by atoms with Crippen LogP contribution in [0.4, 0.5) is 5.82 Å². The van der Waals surface area contributed by atoms with Gasteiger partial charge in [0, 0.05) is 17.8 Å². The van der Waals surface area contributed by atoms with Gasteiger partial charge in [-0.3, -0.25) is 0 Å². The van der Waals surface area contributed by atoms with Gasteiger partial charge >= 0.3 is 0 Å². The van der Waals surface area contributed by atoms with Gasteiger partial charge in [-0.1, -0.05) is 26.0 Å². The minimum atomic E-state index is 0.126. The molecule has 1 aromatic heterocycles. The fourth-order valence-corrected chi connectivity index (χ4v) is 2.74. The summed E-state index contributed by atoms with van der Waals surface area (Å²) in [5.74, 6) is 1.52. The van der Waals surface area contributed by atoms with Gasteiger partial charge in [0.2, 0.25) is 0 Å². The summed E-state index contributed by atoms with van der Waals surface area (Å²) in [4.78, 5) is 9.26. The van der Waals surface area contributed by atoms with E-state index < -0.39 is 0 Å². The Labute approximate surface area is 125 Å². The first kappa shape index (κ1) is 15.0. The highest BCUT2D eigenvalue weighted by atomic mass is 35.5. The Kier molecular flexibility index (Phi) is 4.81. The zero-order chi connectivity index (χ0) is 14.6. The zero-order valence-electron chi connectivity index (χ0n) is 12.4. The molecule has 0 aliphatic rings. The molecule has 0 aliphatic carbocycles. The summed E-state index contributed by atoms with van der Waals surface area (Å²) < 4.78 is 0. The van der Waals surface area contributed by atoms with Crippen LogP contribution in [0.1, 0.15) is 32.4 Å². The van der Waals surface area contributed by atoms with Gasteiger partial charge in [-0.05, 0) is 31.9 Å². The van der Waals surface area contributed by atoms with Crippen LogP contribution in [0.15, 0.2) is 24.3 Å². The number of benzene rings is 1. The highest BCUT2D eigenvalue weighted by Gasteiger charge is 2.25. The van der Waals surface area contributed by atoms with Gasteiger partial charge in [-0.2, -0.15) is 0 Å². The number of aromatic nitrogens is 2. The number of hydrogen-bond acceptors (Lipinski definition) is 3. The Balaban J connectivity index is 2.23. The van der Waals surface area contributed by atoms with E-state index in [2.05, 4.69) is 29.1 Å². The molecule has 0 radical (unpaired) electrons. The van der Waals surface area contributed by atoms with Crippen molar-refractivity contribution in [2.45, 2.75) is 33.6 Å². The van der Waals surface area contributed by atoms with E-state index in [1.165, 1.54) is 0 Å². The molecule has 0 bridgehead atoms. The van der Waals surface area contributed by atoms with Crippen molar-refractivity contribution in [3.63, 3.8) is 0 Å². The number of anilines is 1. The second-order valence-corrected chi connectivity index (χ2v) is 5.61. The van der Waals surface area contributed by atoms with Crippen LogP contribution >= 0.6 is 11.6 Å². The van der Waals surface area contributed by atoms with E-state index in [0.717, 1.165) is 41.9 Å².